The number of aryl methyl sites for hydroxylation is 1. The normalized spacial score (nSPS) is 11.5. The van der Waals surface area contributed by atoms with Crippen LogP contribution < -0.4 is 0 Å². The Bertz CT molecular complexity index is 1650. The molecule has 0 amide bonds. The third-order valence-corrected chi connectivity index (χ3v) is 5.64. The first kappa shape index (κ1) is 20.1. The van der Waals surface area contributed by atoms with Crippen molar-refractivity contribution in [1.82, 2.24) is 34.1 Å². The highest BCUT2D eigenvalue weighted by molar-refractivity contribution is 5.79. The van der Waals surface area contributed by atoms with Crippen molar-refractivity contribution in [2.45, 2.75) is 13.5 Å². The Morgan fingerprint density at radius 1 is 0.853 bits per heavy atom. The van der Waals surface area contributed by atoms with Gasteiger partial charge in [-0.2, -0.15) is 0 Å². The molecule has 0 atom stereocenters. The van der Waals surface area contributed by atoms with Gasteiger partial charge < -0.3 is 4.57 Å². The largest absolute Gasteiger partial charge is 0.322 e. The number of benzene rings is 1. The number of pyridine rings is 2. The summed E-state index contributed by atoms with van der Waals surface area (Å²) in [6.45, 7) is 2.10. The molecule has 0 saturated carbocycles. The minimum atomic E-state index is -0.614. The highest BCUT2D eigenvalue weighted by Crippen LogP contribution is 2.24. The Hall–Kier alpha value is -4.53. The fraction of sp³-hybridized carbons (Fsp3) is 0.0800. The highest BCUT2D eigenvalue weighted by atomic mass is 19.1. The molecular weight excluding hydrogens is 436 g/mol. The predicted molar refractivity (Wildman–Crippen MR) is 123 cm³/mol. The van der Waals surface area contributed by atoms with Gasteiger partial charge in [-0.15, -0.1) is 0 Å². The van der Waals surface area contributed by atoms with E-state index in [1.165, 1.54) is 12.1 Å². The maximum Gasteiger partial charge on any atom is 0.178 e. The number of aromatic nitrogens is 7. The predicted octanol–water partition coefficient (Wildman–Crippen LogP) is 4.86. The lowest BCUT2D eigenvalue weighted by Crippen LogP contribution is -2.04. The van der Waals surface area contributed by atoms with Gasteiger partial charge in [-0.05, 0) is 48.9 Å². The first-order valence-electron chi connectivity index (χ1n) is 10.6. The summed E-state index contributed by atoms with van der Waals surface area (Å²) in [4.78, 5) is 22.7. The topological polar surface area (TPSA) is 74.3 Å². The van der Waals surface area contributed by atoms with Gasteiger partial charge in [0.15, 0.2) is 11.3 Å². The standard InChI is InChI=1S/C25H17F2N7/c1-15-31-24-23(34(15)14-16-8-17(26)10-18(27)9-16)11-19(12-30-24)33-7-5-21-25(33)32-22(13-29-21)20-4-2-3-6-28-20/h2-13H,14H2,1H3. The third-order valence-electron chi connectivity index (χ3n) is 5.64. The molecule has 0 spiro atoms. The fourth-order valence-corrected chi connectivity index (χ4v) is 4.07. The van der Waals surface area contributed by atoms with Crippen LogP contribution in [0, 0.1) is 18.6 Å². The van der Waals surface area contributed by atoms with Crippen molar-refractivity contribution in [2.75, 3.05) is 0 Å². The summed E-state index contributed by atoms with van der Waals surface area (Å²) in [5.74, 6) is -0.534. The molecule has 7 nitrogen and oxygen atoms in total. The number of halogens is 2. The monoisotopic (exact) mass is 453 g/mol. The van der Waals surface area contributed by atoms with Crippen molar-refractivity contribution >= 4 is 22.3 Å². The molecule has 6 rings (SSSR count). The Kier molecular flexibility index (Phi) is 4.61. The third kappa shape index (κ3) is 3.47. The summed E-state index contributed by atoms with van der Waals surface area (Å²) in [6.07, 6.45) is 7.01. The van der Waals surface area contributed by atoms with E-state index in [9.17, 15) is 8.78 Å². The molecule has 0 N–H and O–H groups in total. The molecule has 5 heterocycles. The summed E-state index contributed by atoms with van der Waals surface area (Å²) in [5, 5.41) is 0. The van der Waals surface area contributed by atoms with Crippen LogP contribution in [-0.2, 0) is 6.54 Å². The van der Waals surface area contributed by atoms with Crippen LogP contribution in [0.5, 0.6) is 0 Å². The van der Waals surface area contributed by atoms with E-state index in [1.54, 1.807) is 18.6 Å². The molecule has 0 aliphatic rings. The van der Waals surface area contributed by atoms with E-state index in [4.69, 9.17) is 4.98 Å². The van der Waals surface area contributed by atoms with Gasteiger partial charge in [0.05, 0.1) is 29.3 Å². The van der Waals surface area contributed by atoms with Crippen molar-refractivity contribution < 1.29 is 8.78 Å². The van der Waals surface area contributed by atoms with Crippen molar-refractivity contribution in [1.29, 1.82) is 0 Å². The van der Waals surface area contributed by atoms with Crippen LogP contribution in [0.25, 0.3) is 39.4 Å². The highest BCUT2D eigenvalue weighted by Gasteiger charge is 2.14. The van der Waals surface area contributed by atoms with Crippen molar-refractivity contribution in [3.8, 4) is 17.1 Å². The second kappa shape index (κ2) is 7.80. The number of nitrogens with zero attached hydrogens (tertiary/aromatic N) is 7. The van der Waals surface area contributed by atoms with Gasteiger partial charge in [-0.3, -0.25) is 14.5 Å². The summed E-state index contributed by atoms with van der Waals surface area (Å²) in [7, 11) is 0. The number of rotatable bonds is 4. The number of hydrogen-bond donors (Lipinski definition) is 0. The molecule has 166 valence electrons. The quantitative estimate of drug-likeness (QED) is 0.381. The van der Waals surface area contributed by atoms with E-state index >= 15 is 0 Å². The van der Waals surface area contributed by atoms with Crippen LogP contribution >= 0.6 is 0 Å². The smallest absolute Gasteiger partial charge is 0.178 e. The van der Waals surface area contributed by atoms with E-state index in [2.05, 4.69) is 19.9 Å². The zero-order valence-corrected chi connectivity index (χ0v) is 18.0. The molecule has 0 aliphatic heterocycles. The van der Waals surface area contributed by atoms with Gasteiger partial charge in [0, 0.05) is 25.0 Å². The summed E-state index contributed by atoms with van der Waals surface area (Å²) >= 11 is 0. The first-order chi connectivity index (χ1) is 16.5. The van der Waals surface area contributed by atoms with E-state index in [-0.39, 0.29) is 6.54 Å². The maximum atomic E-state index is 13.7. The number of imidazole rings is 1. The maximum absolute atomic E-state index is 13.7. The van der Waals surface area contributed by atoms with Crippen LogP contribution in [0.3, 0.4) is 0 Å². The lowest BCUT2D eigenvalue weighted by atomic mass is 10.2. The minimum absolute atomic E-state index is 0.262. The molecule has 0 radical (unpaired) electrons. The second-order valence-corrected chi connectivity index (χ2v) is 7.92. The van der Waals surface area contributed by atoms with Crippen LogP contribution in [0.1, 0.15) is 11.4 Å². The summed E-state index contributed by atoms with van der Waals surface area (Å²) < 4.78 is 31.2. The average Bonchev–Trinajstić information content (AvgIpc) is 3.39. The lowest BCUT2D eigenvalue weighted by Gasteiger charge is -2.09. The summed E-state index contributed by atoms with van der Waals surface area (Å²) in [5.41, 5.74) is 5.36. The Morgan fingerprint density at radius 2 is 1.71 bits per heavy atom. The molecular formula is C25H17F2N7. The van der Waals surface area contributed by atoms with E-state index in [1.807, 2.05) is 52.6 Å². The Labute approximate surface area is 192 Å². The van der Waals surface area contributed by atoms with Gasteiger partial charge >= 0.3 is 0 Å². The molecule has 6 aromatic rings. The van der Waals surface area contributed by atoms with Crippen LogP contribution in [-0.4, -0.2) is 34.1 Å². The fourth-order valence-electron chi connectivity index (χ4n) is 4.07. The molecule has 0 fully saturated rings. The molecule has 9 heteroatoms. The van der Waals surface area contributed by atoms with Gasteiger partial charge in [0.1, 0.15) is 28.7 Å². The van der Waals surface area contributed by atoms with E-state index in [0.717, 1.165) is 28.5 Å². The van der Waals surface area contributed by atoms with Gasteiger partial charge in [-0.1, -0.05) is 6.07 Å². The molecule has 1 aromatic carbocycles. The molecule has 0 unspecified atom stereocenters. The van der Waals surface area contributed by atoms with Crippen molar-refractivity contribution in [3.63, 3.8) is 0 Å². The molecule has 5 aromatic heterocycles. The molecule has 34 heavy (non-hydrogen) atoms. The summed E-state index contributed by atoms with van der Waals surface area (Å²) in [6, 6.07) is 13.0. The molecule has 0 aliphatic carbocycles. The SMILES string of the molecule is Cc1nc2ncc(-n3ccc4ncc(-c5ccccn5)nc43)cc2n1Cc1cc(F)cc(F)c1. The van der Waals surface area contributed by atoms with Gasteiger partial charge in [-0.25, -0.2) is 23.7 Å². The number of fused-ring (bicyclic) bond motifs is 2. The van der Waals surface area contributed by atoms with Crippen LogP contribution in [0.15, 0.2) is 73.3 Å². The van der Waals surface area contributed by atoms with E-state index < -0.39 is 11.6 Å². The minimum Gasteiger partial charge on any atom is -0.322 e. The zero-order valence-electron chi connectivity index (χ0n) is 18.0. The van der Waals surface area contributed by atoms with Gasteiger partial charge in [0.25, 0.3) is 0 Å². The average molecular weight is 453 g/mol. The zero-order chi connectivity index (χ0) is 23.2. The van der Waals surface area contributed by atoms with Crippen molar-refractivity contribution in [2.24, 2.45) is 0 Å². The Morgan fingerprint density at radius 3 is 2.50 bits per heavy atom. The molecule has 0 saturated heterocycles. The second-order valence-electron chi connectivity index (χ2n) is 7.92. The number of hydrogen-bond acceptors (Lipinski definition) is 5. The van der Waals surface area contributed by atoms with Crippen molar-refractivity contribution in [3.05, 3.63) is 96.3 Å². The van der Waals surface area contributed by atoms with E-state index in [0.29, 0.717) is 28.4 Å². The Balaban J connectivity index is 1.46. The first-order valence-corrected chi connectivity index (χ1v) is 10.6. The van der Waals surface area contributed by atoms with Crippen LogP contribution in [0.4, 0.5) is 8.78 Å². The van der Waals surface area contributed by atoms with Crippen LogP contribution in [0.2, 0.25) is 0 Å². The lowest BCUT2D eigenvalue weighted by molar-refractivity contribution is 0.577. The van der Waals surface area contributed by atoms with Gasteiger partial charge in [0.2, 0.25) is 0 Å². The molecule has 0 bridgehead atoms.